The molecule has 29 heavy (non-hydrogen) atoms. The van der Waals surface area contributed by atoms with Crippen LogP contribution >= 0.6 is 0 Å². The number of unbranched alkanes of at least 4 members (excludes halogenated alkanes) is 8. The standard InChI is InChI=1S/C26H40N2O/c1-3-5-7-9-11-13-15-24-20-21-28(27-23-24)25-16-18-26(19-17-25)29-22-14-12-10-8-6-4-2/h12,14,16-21,23,27H,3-11,13,15,22H2,1-2H3. The van der Waals surface area contributed by atoms with Crippen molar-refractivity contribution in [2.75, 3.05) is 11.6 Å². The molecular weight excluding hydrogens is 356 g/mol. The van der Waals surface area contributed by atoms with E-state index in [1.165, 1.54) is 63.4 Å². The summed E-state index contributed by atoms with van der Waals surface area (Å²) in [6.07, 6.45) is 25.0. The van der Waals surface area contributed by atoms with Crippen molar-refractivity contribution >= 4 is 5.69 Å². The predicted octanol–water partition coefficient (Wildman–Crippen LogP) is 7.67. The minimum atomic E-state index is 0.637. The molecule has 0 amide bonds. The van der Waals surface area contributed by atoms with Gasteiger partial charge in [0.1, 0.15) is 12.4 Å². The van der Waals surface area contributed by atoms with Gasteiger partial charge in [0.2, 0.25) is 0 Å². The predicted molar refractivity (Wildman–Crippen MR) is 126 cm³/mol. The Hall–Kier alpha value is -2.16. The van der Waals surface area contributed by atoms with Crippen molar-refractivity contribution in [1.29, 1.82) is 0 Å². The fourth-order valence-corrected chi connectivity index (χ4v) is 3.38. The largest absolute Gasteiger partial charge is 0.490 e. The molecule has 0 saturated heterocycles. The van der Waals surface area contributed by atoms with Crippen LogP contribution < -0.4 is 15.2 Å². The van der Waals surface area contributed by atoms with Crippen LogP contribution in [0.25, 0.3) is 0 Å². The van der Waals surface area contributed by atoms with Crippen LogP contribution in [0.4, 0.5) is 5.69 Å². The lowest BCUT2D eigenvalue weighted by Gasteiger charge is -2.24. The molecule has 0 unspecified atom stereocenters. The number of hydrogen-bond donors (Lipinski definition) is 1. The molecule has 1 aliphatic rings. The smallest absolute Gasteiger partial charge is 0.119 e. The van der Waals surface area contributed by atoms with Crippen LogP contribution in [0.5, 0.6) is 5.75 Å². The summed E-state index contributed by atoms with van der Waals surface area (Å²) in [6, 6.07) is 8.24. The normalized spacial score (nSPS) is 13.6. The molecule has 2 rings (SSSR count). The molecule has 160 valence electrons. The van der Waals surface area contributed by atoms with Crippen molar-refractivity contribution in [3.05, 3.63) is 60.5 Å². The third-order valence-corrected chi connectivity index (χ3v) is 5.25. The fourth-order valence-electron chi connectivity index (χ4n) is 3.38. The van der Waals surface area contributed by atoms with Crippen LogP contribution in [0.2, 0.25) is 0 Å². The maximum atomic E-state index is 5.80. The monoisotopic (exact) mass is 396 g/mol. The summed E-state index contributed by atoms with van der Waals surface area (Å²) in [5.74, 6) is 0.909. The molecule has 0 aromatic heterocycles. The third kappa shape index (κ3) is 9.74. The van der Waals surface area contributed by atoms with Gasteiger partial charge < -0.3 is 10.2 Å². The first kappa shape index (κ1) is 23.1. The second-order valence-electron chi connectivity index (χ2n) is 7.82. The SMILES string of the molecule is CCCCCC=CCOc1ccc(N2C=CC(CCCCCCCC)=CN2)cc1. The average molecular weight is 397 g/mol. The van der Waals surface area contributed by atoms with E-state index < -0.39 is 0 Å². The summed E-state index contributed by atoms with van der Waals surface area (Å²) in [6.45, 7) is 5.14. The van der Waals surface area contributed by atoms with Crippen LogP contribution in [-0.4, -0.2) is 6.61 Å². The van der Waals surface area contributed by atoms with Gasteiger partial charge in [0, 0.05) is 12.4 Å². The first-order valence-electron chi connectivity index (χ1n) is 11.6. The molecule has 1 aliphatic heterocycles. The molecule has 0 aliphatic carbocycles. The molecule has 3 nitrogen and oxygen atoms in total. The first-order valence-corrected chi connectivity index (χ1v) is 11.6. The number of anilines is 1. The maximum absolute atomic E-state index is 5.80. The molecule has 1 heterocycles. The number of hydrogen-bond acceptors (Lipinski definition) is 3. The van der Waals surface area contributed by atoms with E-state index in [4.69, 9.17) is 4.74 Å². The molecule has 1 aromatic rings. The number of nitrogens with one attached hydrogen (secondary N) is 1. The van der Waals surface area contributed by atoms with Crippen molar-refractivity contribution in [3.63, 3.8) is 0 Å². The summed E-state index contributed by atoms with van der Waals surface area (Å²) in [7, 11) is 0. The summed E-state index contributed by atoms with van der Waals surface area (Å²) < 4.78 is 5.80. The zero-order valence-electron chi connectivity index (χ0n) is 18.5. The average Bonchev–Trinajstić information content (AvgIpc) is 2.76. The van der Waals surface area contributed by atoms with E-state index in [-0.39, 0.29) is 0 Å². The van der Waals surface area contributed by atoms with Gasteiger partial charge in [-0.05, 0) is 61.6 Å². The van der Waals surface area contributed by atoms with E-state index in [1.54, 1.807) is 0 Å². The highest BCUT2D eigenvalue weighted by Gasteiger charge is 2.06. The molecule has 0 atom stereocenters. The molecule has 1 N–H and O–H groups in total. The van der Waals surface area contributed by atoms with E-state index in [2.05, 4.69) is 62.0 Å². The van der Waals surface area contributed by atoms with Gasteiger partial charge in [0.05, 0.1) is 5.69 Å². The van der Waals surface area contributed by atoms with Crippen molar-refractivity contribution in [1.82, 2.24) is 5.43 Å². The van der Waals surface area contributed by atoms with E-state index in [0.717, 1.165) is 24.3 Å². The Balaban J connectivity index is 1.65. The van der Waals surface area contributed by atoms with E-state index in [1.807, 2.05) is 17.1 Å². The van der Waals surface area contributed by atoms with Gasteiger partial charge in [0.15, 0.2) is 0 Å². The van der Waals surface area contributed by atoms with E-state index in [0.29, 0.717) is 6.61 Å². The molecule has 0 saturated carbocycles. The van der Waals surface area contributed by atoms with Gasteiger partial charge in [-0.1, -0.05) is 70.9 Å². The van der Waals surface area contributed by atoms with E-state index >= 15 is 0 Å². The third-order valence-electron chi connectivity index (χ3n) is 5.25. The quantitative estimate of drug-likeness (QED) is 0.243. The van der Waals surface area contributed by atoms with Gasteiger partial charge in [-0.2, -0.15) is 0 Å². The Kier molecular flexibility index (Phi) is 11.8. The fraction of sp³-hybridized carbons (Fsp3) is 0.538. The van der Waals surface area contributed by atoms with Crippen LogP contribution in [0.15, 0.2) is 60.5 Å². The lowest BCUT2D eigenvalue weighted by molar-refractivity contribution is 0.362. The lowest BCUT2D eigenvalue weighted by Crippen LogP contribution is -2.31. The zero-order valence-corrected chi connectivity index (χ0v) is 18.5. The highest BCUT2D eigenvalue weighted by Crippen LogP contribution is 2.21. The number of hydrazine groups is 1. The number of nitrogens with zero attached hydrogens (tertiary/aromatic N) is 1. The van der Waals surface area contributed by atoms with Crippen molar-refractivity contribution in [2.24, 2.45) is 0 Å². The number of ether oxygens (including phenoxy) is 1. The topological polar surface area (TPSA) is 24.5 Å². The Bertz CT molecular complexity index is 631. The second-order valence-corrected chi connectivity index (χ2v) is 7.82. The summed E-state index contributed by atoms with van der Waals surface area (Å²) >= 11 is 0. The Morgan fingerprint density at radius 1 is 0.862 bits per heavy atom. The van der Waals surface area contributed by atoms with Gasteiger partial charge in [0.25, 0.3) is 0 Å². The molecule has 3 heteroatoms. The van der Waals surface area contributed by atoms with Crippen LogP contribution in [0.3, 0.4) is 0 Å². The summed E-state index contributed by atoms with van der Waals surface area (Å²) in [5.41, 5.74) is 5.86. The highest BCUT2D eigenvalue weighted by atomic mass is 16.5. The van der Waals surface area contributed by atoms with Gasteiger partial charge in [-0.3, -0.25) is 5.01 Å². The maximum Gasteiger partial charge on any atom is 0.119 e. The summed E-state index contributed by atoms with van der Waals surface area (Å²) in [5, 5.41) is 2.04. The zero-order chi connectivity index (χ0) is 20.6. The molecule has 0 radical (unpaired) electrons. The number of benzene rings is 1. The van der Waals surface area contributed by atoms with Gasteiger partial charge in [-0.25, -0.2) is 0 Å². The molecule has 0 bridgehead atoms. The van der Waals surface area contributed by atoms with Crippen LogP contribution in [0.1, 0.15) is 84.5 Å². The number of rotatable bonds is 15. The van der Waals surface area contributed by atoms with Crippen molar-refractivity contribution < 1.29 is 4.74 Å². The minimum absolute atomic E-state index is 0.637. The van der Waals surface area contributed by atoms with Gasteiger partial charge in [-0.15, -0.1) is 0 Å². The first-order chi connectivity index (χ1) is 14.3. The second kappa shape index (κ2) is 14.8. The van der Waals surface area contributed by atoms with E-state index in [9.17, 15) is 0 Å². The summed E-state index contributed by atoms with van der Waals surface area (Å²) in [4.78, 5) is 0. The Labute approximate surface area is 178 Å². The lowest BCUT2D eigenvalue weighted by atomic mass is 10.1. The van der Waals surface area contributed by atoms with Crippen LogP contribution in [0, 0.1) is 0 Å². The Morgan fingerprint density at radius 3 is 2.31 bits per heavy atom. The molecule has 0 fully saturated rings. The van der Waals surface area contributed by atoms with Crippen molar-refractivity contribution in [2.45, 2.75) is 84.5 Å². The Morgan fingerprint density at radius 2 is 1.59 bits per heavy atom. The minimum Gasteiger partial charge on any atom is -0.490 e. The number of allylic oxidation sites excluding steroid dienone is 3. The highest BCUT2D eigenvalue weighted by molar-refractivity contribution is 5.52. The molecule has 0 spiro atoms. The van der Waals surface area contributed by atoms with Crippen LogP contribution in [-0.2, 0) is 0 Å². The molecular formula is C26H40N2O. The van der Waals surface area contributed by atoms with Crippen molar-refractivity contribution in [3.8, 4) is 5.75 Å². The molecule has 1 aromatic carbocycles. The van der Waals surface area contributed by atoms with Gasteiger partial charge >= 0.3 is 0 Å².